The van der Waals surface area contributed by atoms with Gasteiger partial charge in [-0.2, -0.15) is 0 Å². The maximum atomic E-state index is 13.6. The monoisotopic (exact) mass is 300 g/mol. The van der Waals surface area contributed by atoms with Crippen molar-refractivity contribution in [1.82, 2.24) is 0 Å². The van der Waals surface area contributed by atoms with Crippen LogP contribution >= 0.6 is 7.37 Å². The lowest BCUT2D eigenvalue weighted by molar-refractivity contribution is 0.0141. The summed E-state index contributed by atoms with van der Waals surface area (Å²) in [6.45, 7) is 2.06. The minimum absolute atomic E-state index is 0.0222. The van der Waals surface area contributed by atoms with Gasteiger partial charge < -0.3 is 9.63 Å². The maximum Gasteiger partial charge on any atom is 0.211 e. The van der Waals surface area contributed by atoms with Crippen molar-refractivity contribution in [3.8, 4) is 0 Å². The molecule has 0 aromatic heterocycles. The molecular formula is C16H29O3P. The second-order valence-corrected chi connectivity index (χ2v) is 9.89. The van der Waals surface area contributed by atoms with Crippen molar-refractivity contribution >= 4 is 7.37 Å². The summed E-state index contributed by atoms with van der Waals surface area (Å²) in [5.41, 5.74) is 0.115. The SMILES string of the molecule is CCC(CO)P1(=O)OC2CCCCC2C2CCCCC21. The first-order chi connectivity index (χ1) is 9.70. The standard InChI is InChI=1S/C16H29O3P/c1-2-12(11-17)20(18)16-10-6-4-8-14(16)13-7-3-5-9-15(13)19-20/h12-17H,2-11H2,1H3. The first-order valence-electron chi connectivity index (χ1n) is 8.59. The third-order valence-corrected chi connectivity index (χ3v) is 9.75. The molecule has 3 rings (SSSR count). The quantitative estimate of drug-likeness (QED) is 0.795. The number of fused-ring (bicyclic) bond motifs is 3. The van der Waals surface area contributed by atoms with Gasteiger partial charge >= 0.3 is 0 Å². The van der Waals surface area contributed by atoms with Crippen LogP contribution in [0.4, 0.5) is 0 Å². The molecule has 1 N–H and O–H groups in total. The van der Waals surface area contributed by atoms with Gasteiger partial charge in [0, 0.05) is 5.66 Å². The molecule has 3 aliphatic rings. The summed E-state index contributed by atoms with van der Waals surface area (Å²) in [6, 6.07) is 0. The maximum absolute atomic E-state index is 13.6. The molecule has 1 saturated heterocycles. The Morgan fingerprint density at radius 1 is 1.10 bits per heavy atom. The molecule has 0 amide bonds. The molecule has 2 aliphatic carbocycles. The first kappa shape index (κ1) is 15.1. The predicted octanol–water partition coefficient (Wildman–Crippen LogP) is 4.18. The Bertz CT molecular complexity index is 380. The average Bonchev–Trinajstić information content (AvgIpc) is 2.49. The van der Waals surface area contributed by atoms with Gasteiger partial charge in [0.1, 0.15) is 0 Å². The lowest BCUT2D eigenvalue weighted by Gasteiger charge is -2.52. The molecule has 0 aromatic carbocycles. The van der Waals surface area contributed by atoms with Gasteiger partial charge in [0.25, 0.3) is 0 Å². The molecule has 0 spiro atoms. The zero-order valence-electron chi connectivity index (χ0n) is 12.7. The first-order valence-corrected chi connectivity index (χ1v) is 10.4. The van der Waals surface area contributed by atoms with Crippen LogP contribution in [0.1, 0.15) is 64.7 Å². The highest BCUT2D eigenvalue weighted by molar-refractivity contribution is 7.60. The summed E-state index contributed by atoms with van der Waals surface area (Å²) in [6.07, 6.45) is 10.6. The number of aliphatic hydroxyl groups is 1. The van der Waals surface area contributed by atoms with E-state index in [0.29, 0.717) is 11.8 Å². The van der Waals surface area contributed by atoms with Crippen molar-refractivity contribution in [2.75, 3.05) is 6.61 Å². The van der Waals surface area contributed by atoms with E-state index in [1.807, 2.05) is 6.92 Å². The molecule has 4 heteroatoms. The van der Waals surface area contributed by atoms with Crippen LogP contribution in [0.25, 0.3) is 0 Å². The zero-order valence-corrected chi connectivity index (χ0v) is 13.6. The zero-order chi connectivity index (χ0) is 14.2. The Hall–Kier alpha value is 0.150. The van der Waals surface area contributed by atoms with E-state index in [4.69, 9.17) is 4.52 Å². The number of rotatable bonds is 3. The topological polar surface area (TPSA) is 46.5 Å². The summed E-state index contributed by atoms with van der Waals surface area (Å²) in [5.74, 6) is 1.25. The largest absolute Gasteiger partial charge is 0.396 e. The third-order valence-electron chi connectivity index (χ3n) is 6.04. The molecule has 0 radical (unpaired) electrons. The van der Waals surface area contributed by atoms with E-state index in [1.165, 1.54) is 38.5 Å². The Morgan fingerprint density at radius 2 is 1.75 bits per heavy atom. The van der Waals surface area contributed by atoms with Crippen LogP contribution in [0.15, 0.2) is 0 Å². The minimum Gasteiger partial charge on any atom is -0.396 e. The van der Waals surface area contributed by atoms with E-state index in [9.17, 15) is 9.67 Å². The van der Waals surface area contributed by atoms with E-state index in [2.05, 4.69) is 0 Å². The normalized spacial score (nSPS) is 46.3. The molecule has 6 unspecified atom stereocenters. The van der Waals surface area contributed by atoms with Gasteiger partial charge in [0.2, 0.25) is 7.37 Å². The smallest absolute Gasteiger partial charge is 0.211 e. The van der Waals surface area contributed by atoms with Crippen LogP contribution in [-0.2, 0) is 9.09 Å². The molecular weight excluding hydrogens is 271 g/mol. The lowest BCUT2D eigenvalue weighted by Crippen LogP contribution is -2.47. The van der Waals surface area contributed by atoms with E-state index in [1.54, 1.807) is 0 Å². The Morgan fingerprint density at radius 3 is 2.45 bits per heavy atom. The molecule has 0 bridgehead atoms. The molecule has 3 nitrogen and oxygen atoms in total. The molecule has 2 saturated carbocycles. The third kappa shape index (κ3) is 2.40. The molecule has 20 heavy (non-hydrogen) atoms. The second kappa shape index (κ2) is 6.10. The molecule has 1 aliphatic heterocycles. The highest BCUT2D eigenvalue weighted by Crippen LogP contribution is 2.69. The summed E-state index contributed by atoms with van der Waals surface area (Å²) < 4.78 is 19.9. The van der Waals surface area contributed by atoms with E-state index in [0.717, 1.165) is 19.3 Å². The molecule has 3 fully saturated rings. The van der Waals surface area contributed by atoms with Crippen molar-refractivity contribution in [1.29, 1.82) is 0 Å². The van der Waals surface area contributed by atoms with Crippen molar-refractivity contribution in [2.45, 2.75) is 82.1 Å². The van der Waals surface area contributed by atoms with Crippen molar-refractivity contribution in [2.24, 2.45) is 11.8 Å². The number of hydrogen-bond donors (Lipinski definition) is 1. The molecule has 6 atom stereocenters. The van der Waals surface area contributed by atoms with Crippen LogP contribution in [-0.4, -0.2) is 29.1 Å². The fourth-order valence-corrected chi connectivity index (χ4v) is 8.71. The fourth-order valence-electron chi connectivity index (χ4n) is 4.98. The lowest BCUT2D eigenvalue weighted by atomic mass is 9.71. The van der Waals surface area contributed by atoms with Gasteiger partial charge in [-0.3, -0.25) is 4.57 Å². The van der Waals surface area contributed by atoms with Crippen LogP contribution < -0.4 is 0 Å². The van der Waals surface area contributed by atoms with Crippen LogP contribution in [0.5, 0.6) is 0 Å². The Kier molecular flexibility index (Phi) is 4.60. The summed E-state index contributed by atoms with van der Waals surface area (Å²) in [7, 11) is -2.69. The molecule has 0 aromatic rings. The number of hydrogen-bond acceptors (Lipinski definition) is 3. The number of aliphatic hydroxyl groups excluding tert-OH is 1. The average molecular weight is 300 g/mol. The van der Waals surface area contributed by atoms with E-state index in [-0.39, 0.29) is 24.0 Å². The van der Waals surface area contributed by atoms with Gasteiger partial charge in [-0.25, -0.2) is 0 Å². The van der Waals surface area contributed by atoms with Gasteiger partial charge in [-0.1, -0.05) is 32.6 Å². The van der Waals surface area contributed by atoms with E-state index >= 15 is 0 Å². The highest BCUT2D eigenvalue weighted by Gasteiger charge is 2.54. The predicted molar refractivity (Wildman–Crippen MR) is 81.3 cm³/mol. The van der Waals surface area contributed by atoms with Crippen LogP contribution in [0.3, 0.4) is 0 Å². The summed E-state index contributed by atoms with van der Waals surface area (Å²) in [4.78, 5) is 0. The van der Waals surface area contributed by atoms with Gasteiger partial charge in [-0.05, 0) is 43.9 Å². The fraction of sp³-hybridized carbons (Fsp3) is 1.00. The van der Waals surface area contributed by atoms with Crippen LogP contribution in [0, 0.1) is 11.8 Å². The summed E-state index contributed by atoms with van der Waals surface area (Å²) >= 11 is 0. The van der Waals surface area contributed by atoms with Crippen molar-refractivity contribution in [3.63, 3.8) is 0 Å². The van der Waals surface area contributed by atoms with Crippen molar-refractivity contribution < 1.29 is 14.2 Å². The van der Waals surface area contributed by atoms with Gasteiger partial charge in [0.05, 0.1) is 18.4 Å². The highest BCUT2D eigenvalue weighted by atomic mass is 31.2. The molecule has 1 heterocycles. The Labute approximate surface area is 122 Å². The van der Waals surface area contributed by atoms with Crippen molar-refractivity contribution in [3.05, 3.63) is 0 Å². The minimum atomic E-state index is -2.69. The van der Waals surface area contributed by atoms with Gasteiger partial charge in [-0.15, -0.1) is 0 Å². The molecule has 116 valence electrons. The second-order valence-electron chi connectivity index (χ2n) is 7.00. The Balaban J connectivity index is 1.91. The summed E-state index contributed by atoms with van der Waals surface area (Å²) in [5, 5.41) is 9.68. The van der Waals surface area contributed by atoms with Crippen LogP contribution in [0.2, 0.25) is 0 Å². The van der Waals surface area contributed by atoms with E-state index < -0.39 is 7.37 Å². The van der Waals surface area contributed by atoms with Gasteiger partial charge in [0.15, 0.2) is 0 Å².